The second-order valence-corrected chi connectivity index (χ2v) is 4.32. The maximum Gasteiger partial charge on any atom is 0.231 e. The fourth-order valence-corrected chi connectivity index (χ4v) is 1.85. The van der Waals surface area contributed by atoms with Crippen LogP contribution in [0.5, 0.6) is 11.5 Å². The number of hydrogen-bond acceptors (Lipinski definition) is 5. The molecular formula is C13H19NO4. The van der Waals surface area contributed by atoms with Crippen LogP contribution in [0, 0.1) is 0 Å². The summed E-state index contributed by atoms with van der Waals surface area (Å²) in [5.41, 5.74) is 0.777. The zero-order valence-electron chi connectivity index (χ0n) is 10.4. The van der Waals surface area contributed by atoms with Crippen molar-refractivity contribution in [3.05, 3.63) is 23.8 Å². The van der Waals surface area contributed by atoms with Gasteiger partial charge in [0.05, 0.1) is 12.7 Å². The molecule has 2 unspecified atom stereocenters. The summed E-state index contributed by atoms with van der Waals surface area (Å²) in [6.45, 7) is 2.69. The lowest BCUT2D eigenvalue weighted by molar-refractivity contribution is 0.157. The summed E-state index contributed by atoms with van der Waals surface area (Å²) in [7, 11) is 0. The van der Waals surface area contributed by atoms with Crippen molar-refractivity contribution in [2.45, 2.75) is 25.5 Å². The third-order valence-electron chi connectivity index (χ3n) is 3.09. The molecule has 0 amide bonds. The highest BCUT2D eigenvalue weighted by atomic mass is 16.7. The van der Waals surface area contributed by atoms with Crippen molar-refractivity contribution in [2.75, 3.05) is 19.9 Å². The molecule has 0 saturated heterocycles. The second kappa shape index (κ2) is 6.04. The van der Waals surface area contributed by atoms with Crippen molar-refractivity contribution >= 4 is 0 Å². The first kappa shape index (κ1) is 13.1. The summed E-state index contributed by atoms with van der Waals surface area (Å²) in [6, 6.07) is 5.42. The maximum absolute atomic E-state index is 10.1. The summed E-state index contributed by atoms with van der Waals surface area (Å²) in [4.78, 5) is 0. The van der Waals surface area contributed by atoms with Crippen LogP contribution in [0.3, 0.4) is 0 Å². The van der Waals surface area contributed by atoms with E-state index in [1.54, 1.807) is 12.1 Å². The minimum Gasteiger partial charge on any atom is -0.454 e. The van der Waals surface area contributed by atoms with Crippen molar-refractivity contribution in [3.8, 4) is 11.5 Å². The molecule has 1 heterocycles. The lowest BCUT2D eigenvalue weighted by atomic mass is 10.1. The van der Waals surface area contributed by atoms with Crippen LogP contribution in [0.2, 0.25) is 0 Å². The number of rotatable bonds is 6. The maximum atomic E-state index is 10.1. The fraction of sp³-hybridized carbons (Fsp3) is 0.538. The Kier molecular flexibility index (Phi) is 4.41. The molecule has 5 nitrogen and oxygen atoms in total. The van der Waals surface area contributed by atoms with E-state index in [2.05, 4.69) is 5.32 Å². The molecule has 100 valence electrons. The zero-order chi connectivity index (χ0) is 13.0. The van der Waals surface area contributed by atoms with Crippen LogP contribution in [0.1, 0.15) is 25.0 Å². The molecule has 0 saturated carbocycles. The quantitative estimate of drug-likeness (QED) is 0.700. The van der Waals surface area contributed by atoms with E-state index in [9.17, 15) is 5.11 Å². The summed E-state index contributed by atoms with van der Waals surface area (Å²) in [5, 5.41) is 22.2. The minimum absolute atomic E-state index is 0.0219. The molecular weight excluding hydrogens is 234 g/mol. The van der Waals surface area contributed by atoms with E-state index in [-0.39, 0.29) is 19.4 Å². The van der Waals surface area contributed by atoms with Gasteiger partial charge >= 0.3 is 0 Å². The SMILES string of the molecule is CCC(CO)NCC(O)c1ccc2c(c1)OCO2. The van der Waals surface area contributed by atoms with Gasteiger partial charge in [0.15, 0.2) is 11.5 Å². The molecule has 0 spiro atoms. The molecule has 0 bridgehead atoms. The van der Waals surface area contributed by atoms with Gasteiger partial charge in [-0.05, 0) is 24.1 Å². The molecule has 18 heavy (non-hydrogen) atoms. The van der Waals surface area contributed by atoms with Gasteiger partial charge in [0.25, 0.3) is 0 Å². The van der Waals surface area contributed by atoms with Crippen LogP contribution in [0.25, 0.3) is 0 Å². The average molecular weight is 253 g/mol. The fourth-order valence-electron chi connectivity index (χ4n) is 1.85. The Labute approximate surface area is 106 Å². The van der Waals surface area contributed by atoms with Crippen molar-refractivity contribution in [1.29, 1.82) is 0 Å². The summed E-state index contributed by atoms with van der Waals surface area (Å²) >= 11 is 0. The third kappa shape index (κ3) is 2.93. The van der Waals surface area contributed by atoms with E-state index in [1.165, 1.54) is 0 Å². The molecule has 1 aliphatic heterocycles. The van der Waals surface area contributed by atoms with E-state index in [0.29, 0.717) is 18.0 Å². The lowest BCUT2D eigenvalue weighted by Crippen LogP contribution is -2.34. The van der Waals surface area contributed by atoms with Crippen molar-refractivity contribution in [1.82, 2.24) is 5.32 Å². The second-order valence-electron chi connectivity index (χ2n) is 4.32. The van der Waals surface area contributed by atoms with Crippen LogP contribution >= 0.6 is 0 Å². The van der Waals surface area contributed by atoms with Gasteiger partial charge in [0.2, 0.25) is 6.79 Å². The molecule has 0 aromatic heterocycles. The summed E-state index contributed by atoms with van der Waals surface area (Å²) in [6.07, 6.45) is 0.199. The van der Waals surface area contributed by atoms with Gasteiger partial charge in [-0.1, -0.05) is 13.0 Å². The highest BCUT2D eigenvalue weighted by Crippen LogP contribution is 2.34. The van der Waals surface area contributed by atoms with E-state index in [0.717, 1.165) is 12.0 Å². The van der Waals surface area contributed by atoms with Gasteiger partial charge in [0, 0.05) is 12.6 Å². The van der Waals surface area contributed by atoms with Gasteiger partial charge in [-0.2, -0.15) is 0 Å². The predicted molar refractivity (Wildman–Crippen MR) is 66.7 cm³/mol. The average Bonchev–Trinajstić information content (AvgIpc) is 2.86. The molecule has 1 aromatic rings. The van der Waals surface area contributed by atoms with Crippen LogP contribution < -0.4 is 14.8 Å². The van der Waals surface area contributed by atoms with E-state index >= 15 is 0 Å². The first-order valence-corrected chi connectivity index (χ1v) is 6.16. The Bertz CT molecular complexity index is 393. The standard InChI is InChI=1S/C13H19NO4/c1-2-10(7-15)14-6-11(16)9-3-4-12-13(5-9)18-8-17-12/h3-5,10-11,14-16H,2,6-8H2,1H3. The Balaban J connectivity index is 1.94. The van der Waals surface area contributed by atoms with Gasteiger partial charge < -0.3 is 25.0 Å². The van der Waals surface area contributed by atoms with Gasteiger partial charge in [0.1, 0.15) is 0 Å². The predicted octanol–water partition coefficient (Wildman–Crippen LogP) is 0.809. The van der Waals surface area contributed by atoms with Gasteiger partial charge in [-0.25, -0.2) is 0 Å². The van der Waals surface area contributed by atoms with Gasteiger partial charge in [-0.15, -0.1) is 0 Å². The van der Waals surface area contributed by atoms with E-state index < -0.39 is 6.10 Å². The Hall–Kier alpha value is -1.30. The van der Waals surface area contributed by atoms with Gasteiger partial charge in [-0.3, -0.25) is 0 Å². The Morgan fingerprint density at radius 2 is 2.11 bits per heavy atom. The number of nitrogens with one attached hydrogen (secondary N) is 1. The van der Waals surface area contributed by atoms with E-state index in [4.69, 9.17) is 14.6 Å². The largest absolute Gasteiger partial charge is 0.454 e. The van der Waals surface area contributed by atoms with Crippen molar-refractivity contribution in [3.63, 3.8) is 0 Å². The number of aliphatic hydroxyl groups excluding tert-OH is 2. The molecule has 0 fully saturated rings. The molecule has 2 atom stereocenters. The summed E-state index contributed by atoms with van der Waals surface area (Å²) < 4.78 is 10.5. The topological polar surface area (TPSA) is 71.0 Å². The number of fused-ring (bicyclic) bond motifs is 1. The van der Waals surface area contributed by atoms with E-state index in [1.807, 2.05) is 13.0 Å². The normalized spacial score (nSPS) is 16.6. The summed E-state index contributed by atoms with van der Waals surface area (Å²) in [5.74, 6) is 1.38. The first-order chi connectivity index (χ1) is 8.74. The zero-order valence-corrected chi connectivity index (χ0v) is 10.4. The Morgan fingerprint density at radius 1 is 1.33 bits per heavy atom. The van der Waals surface area contributed by atoms with Crippen LogP contribution in [-0.4, -0.2) is 36.2 Å². The molecule has 0 radical (unpaired) electrons. The number of ether oxygens (including phenoxy) is 2. The minimum atomic E-state index is -0.625. The molecule has 5 heteroatoms. The van der Waals surface area contributed by atoms with Crippen molar-refractivity contribution < 1.29 is 19.7 Å². The molecule has 1 aromatic carbocycles. The Morgan fingerprint density at radius 3 is 2.83 bits per heavy atom. The van der Waals surface area contributed by atoms with Crippen molar-refractivity contribution in [2.24, 2.45) is 0 Å². The molecule has 1 aliphatic rings. The van der Waals surface area contributed by atoms with Crippen LogP contribution in [-0.2, 0) is 0 Å². The molecule has 3 N–H and O–H groups in total. The smallest absolute Gasteiger partial charge is 0.231 e. The molecule has 0 aliphatic carbocycles. The van der Waals surface area contributed by atoms with Crippen LogP contribution in [0.15, 0.2) is 18.2 Å². The first-order valence-electron chi connectivity index (χ1n) is 6.16. The molecule has 2 rings (SSSR count). The monoisotopic (exact) mass is 253 g/mol. The lowest BCUT2D eigenvalue weighted by Gasteiger charge is -2.17. The number of hydrogen-bond donors (Lipinski definition) is 3. The highest BCUT2D eigenvalue weighted by molar-refractivity contribution is 5.45. The number of aliphatic hydroxyl groups is 2. The number of benzene rings is 1. The third-order valence-corrected chi connectivity index (χ3v) is 3.09. The van der Waals surface area contributed by atoms with Crippen LogP contribution in [0.4, 0.5) is 0 Å². The highest BCUT2D eigenvalue weighted by Gasteiger charge is 2.17.